The van der Waals surface area contributed by atoms with Crippen LogP contribution in [0.3, 0.4) is 0 Å². The van der Waals surface area contributed by atoms with Crippen molar-refractivity contribution in [2.24, 2.45) is 5.16 Å². The average molecular weight is 626 g/mol. The van der Waals surface area contributed by atoms with Gasteiger partial charge in [-0.15, -0.1) is 0 Å². The monoisotopic (exact) mass is 625 g/mol. The Morgan fingerprint density at radius 2 is 1.62 bits per heavy atom. The van der Waals surface area contributed by atoms with Crippen molar-refractivity contribution in [1.29, 1.82) is 0 Å². The molecule has 0 saturated carbocycles. The van der Waals surface area contributed by atoms with Crippen LogP contribution in [-0.2, 0) is 21.4 Å². The molecule has 0 saturated heterocycles. The van der Waals surface area contributed by atoms with Crippen LogP contribution >= 0.6 is 11.6 Å². The minimum atomic E-state index is -5.32. The SMILES string of the molecule is O=C(CNC(=O)c1c(C2=NOC(c3cc(Cl)cc(C(F)(F)F)c3)(C(F)(F)F)C2)ccc2ccccc12)NCC(F)(F)F. The number of halogens is 10. The molecule has 16 heteroatoms. The van der Waals surface area contributed by atoms with E-state index in [0.717, 1.165) is 0 Å². The molecule has 4 rings (SSSR count). The Kier molecular flexibility index (Phi) is 8.10. The summed E-state index contributed by atoms with van der Waals surface area (Å²) in [5.74, 6) is -2.24. The van der Waals surface area contributed by atoms with Crippen LogP contribution in [-0.4, -0.2) is 43.0 Å². The average Bonchev–Trinajstić information content (AvgIpc) is 3.36. The summed E-state index contributed by atoms with van der Waals surface area (Å²) in [4.78, 5) is 29.8. The highest BCUT2D eigenvalue weighted by Crippen LogP contribution is 2.50. The molecular weight excluding hydrogens is 609 g/mol. The first kappa shape index (κ1) is 30.9. The quantitative estimate of drug-likeness (QED) is 0.307. The third-order valence-electron chi connectivity index (χ3n) is 6.24. The summed E-state index contributed by atoms with van der Waals surface area (Å²) >= 11 is 5.73. The predicted molar refractivity (Wildman–Crippen MR) is 132 cm³/mol. The molecule has 3 aromatic rings. The first-order chi connectivity index (χ1) is 19.4. The van der Waals surface area contributed by atoms with E-state index in [1.54, 1.807) is 17.4 Å². The van der Waals surface area contributed by atoms with Gasteiger partial charge in [0, 0.05) is 22.6 Å². The summed E-state index contributed by atoms with van der Waals surface area (Å²) in [7, 11) is 0. The van der Waals surface area contributed by atoms with E-state index in [4.69, 9.17) is 16.4 Å². The first-order valence-corrected chi connectivity index (χ1v) is 12.1. The van der Waals surface area contributed by atoms with Gasteiger partial charge in [-0.2, -0.15) is 39.5 Å². The Morgan fingerprint density at radius 1 is 0.929 bits per heavy atom. The lowest BCUT2D eigenvalue weighted by Gasteiger charge is -2.30. The number of benzene rings is 3. The van der Waals surface area contributed by atoms with Crippen LogP contribution in [0, 0.1) is 0 Å². The number of fused-ring (bicyclic) bond motifs is 1. The maximum absolute atomic E-state index is 14.5. The third kappa shape index (κ3) is 6.40. The van der Waals surface area contributed by atoms with Gasteiger partial charge in [0.15, 0.2) is 0 Å². The number of rotatable bonds is 6. The van der Waals surface area contributed by atoms with E-state index in [1.165, 1.54) is 24.3 Å². The second kappa shape index (κ2) is 11.0. The highest BCUT2D eigenvalue weighted by molar-refractivity contribution is 6.30. The van der Waals surface area contributed by atoms with Gasteiger partial charge < -0.3 is 15.5 Å². The Labute approximate surface area is 235 Å². The zero-order valence-corrected chi connectivity index (χ0v) is 21.5. The molecule has 1 heterocycles. The second-order valence-corrected chi connectivity index (χ2v) is 9.58. The van der Waals surface area contributed by atoms with E-state index in [2.05, 4.69) is 10.5 Å². The van der Waals surface area contributed by atoms with E-state index in [1.807, 2.05) is 0 Å². The van der Waals surface area contributed by atoms with Crippen LogP contribution in [0.4, 0.5) is 39.5 Å². The number of hydrogen-bond donors (Lipinski definition) is 2. The number of oxime groups is 1. The fourth-order valence-corrected chi connectivity index (χ4v) is 4.54. The predicted octanol–water partition coefficient (Wildman–Crippen LogP) is 6.50. The molecule has 1 unspecified atom stereocenters. The number of hydrogen-bond acceptors (Lipinski definition) is 4. The van der Waals surface area contributed by atoms with Crippen molar-refractivity contribution >= 4 is 39.9 Å². The Balaban J connectivity index is 1.73. The Hall–Kier alpha value is -4.01. The number of carbonyl (C=O) groups is 2. The molecule has 6 nitrogen and oxygen atoms in total. The minimum absolute atomic E-state index is 0.178. The van der Waals surface area contributed by atoms with Gasteiger partial charge in [0.2, 0.25) is 5.91 Å². The maximum atomic E-state index is 14.5. The zero-order chi connectivity index (χ0) is 31.1. The molecule has 0 aliphatic carbocycles. The molecule has 1 atom stereocenters. The van der Waals surface area contributed by atoms with Gasteiger partial charge in [-0.3, -0.25) is 9.59 Å². The minimum Gasteiger partial charge on any atom is -0.374 e. The number of amides is 2. The molecule has 1 aliphatic heterocycles. The summed E-state index contributed by atoms with van der Waals surface area (Å²) in [6, 6.07) is 10.1. The number of nitrogens with one attached hydrogen (secondary N) is 2. The lowest BCUT2D eigenvalue weighted by molar-refractivity contribution is -0.276. The largest absolute Gasteiger partial charge is 0.435 e. The molecule has 1 aliphatic rings. The highest BCUT2D eigenvalue weighted by atomic mass is 35.5. The number of alkyl halides is 9. The van der Waals surface area contributed by atoms with E-state index in [-0.39, 0.29) is 22.6 Å². The van der Waals surface area contributed by atoms with Crippen molar-refractivity contribution in [2.75, 3.05) is 13.1 Å². The molecule has 3 aromatic carbocycles. The summed E-state index contributed by atoms with van der Waals surface area (Å²) in [6.07, 6.45) is -16.2. The van der Waals surface area contributed by atoms with Crippen LogP contribution in [0.5, 0.6) is 0 Å². The van der Waals surface area contributed by atoms with Crippen molar-refractivity contribution in [3.8, 4) is 0 Å². The van der Waals surface area contributed by atoms with Gasteiger partial charge in [-0.05, 0) is 29.0 Å². The summed E-state index contributed by atoms with van der Waals surface area (Å²) in [6.45, 7) is -2.57. The van der Waals surface area contributed by atoms with E-state index in [0.29, 0.717) is 17.5 Å². The number of carbonyl (C=O) groups excluding carboxylic acids is 2. The highest BCUT2D eigenvalue weighted by Gasteiger charge is 2.63. The lowest BCUT2D eigenvalue weighted by Crippen LogP contribution is -2.43. The second-order valence-electron chi connectivity index (χ2n) is 9.14. The zero-order valence-electron chi connectivity index (χ0n) is 20.8. The fraction of sp³-hybridized carbons (Fsp3) is 0.269. The summed E-state index contributed by atoms with van der Waals surface area (Å²) in [5.41, 5.74) is -6.84. The summed E-state index contributed by atoms with van der Waals surface area (Å²) < 4.78 is 121. The van der Waals surface area contributed by atoms with Crippen molar-refractivity contribution in [3.05, 3.63) is 81.9 Å². The molecule has 2 amide bonds. The smallest absolute Gasteiger partial charge is 0.374 e. The molecule has 42 heavy (non-hydrogen) atoms. The maximum Gasteiger partial charge on any atom is 0.435 e. The van der Waals surface area contributed by atoms with E-state index in [9.17, 15) is 49.1 Å². The molecule has 2 N–H and O–H groups in total. The number of nitrogens with zero attached hydrogens (tertiary/aromatic N) is 1. The molecule has 0 aromatic heterocycles. The van der Waals surface area contributed by atoms with Crippen molar-refractivity contribution in [3.63, 3.8) is 0 Å². The molecule has 0 fully saturated rings. The van der Waals surface area contributed by atoms with Crippen LogP contribution in [0.15, 0.2) is 59.8 Å². The molecular formula is C26H17ClF9N3O3. The first-order valence-electron chi connectivity index (χ1n) is 11.7. The standard InChI is InChI=1S/C26H17ClF9N3O3/c27-16-8-14(7-15(9-16)25(31,32)33)23(26(34,35)36)10-19(39-42-23)18-6-5-13-3-1-2-4-17(13)21(18)22(41)37-11-20(40)38-12-24(28,29)30/h1-9H,10-12H2,(H,37,41)(H,38,40). The van der Waals surface area contributed by atoms with Crippen LogP contribution in [0.1, 0.15) is 33.5 Å². The molecule has 0 bridgehead atoms. The van der Waals surface area contributed by atoms with Crippen molar-refractivity contribution in [1.82, 2.24) is 10.6 Å². The van der Waals surface area contributed by atoms with E-state index >= 15 is 0 Å². The molecule has 0 spiro atoms. The van der Waals surface area contributed by atoms with Gasteiger partial charge in [0.25, 0.3) is 11.5 Å². The van der Waals surface area contributed by atoms with Gasteiger partial charge >= 0.3 is 18.5 Å². The van der Waals surface area contributed by atoms with Gasteiger partial charge in [0.05, 0.1) is 23.4 Å². The third-order valence-corrected chi connectivity index (χ3v) is 6.46. The van der Waals surface area contributed by atoms with Crippen LogP contribution < -0.4 is 10.6 Å². The van der Waals surface area contributed by atoms with Gasteiger partial charge in [-0.25, -0.2) is 0 Å². The van der Waals surface area contributed by atoms with Crippen molar-refractivity contribution in [2.45, 2.75) is 30.6 Å². The normalized spacial score (nSPS) is 17.5. The topological polar surface area (TPSA) is 79.8 Å². The van der Waals surface area contributed by atoms with E-state index < -0.39 is 77.3 Å². The Bertz CT molecular complexity index is 1570. The Morgan fingerprint density at radius 3 is 2.26 bits per heavy atom. The van der Waals surface area contributed by atoms with Crippen LogP contribution in [0.2, 0.25) is 5.02 Å². The van der Waals surface area contributed by atoms with Gasteiger partial charge in [0.1, 0.15) is 6.54 Å². The fourth-order valence-electron chi connectivity index (χ4n) is 4.30. The van der Waals surface area contributed by atoms with Gasteiger partial charge in [-0.1, -0.05) is 53.2 Å². The summed E-state index contributed by atoms with van der Waals surface area (Å²) in [5, 5.41) is 7.17. The lowest BCUT2D eigenvalue weighted by atomic mass is 9.84. The molecule has 224 valence electrons. The van der Waals surface area contributed by atoms with Crippen molar-refractivity contribution < 1.29 is 53.9 Å². The van der Waals surface area contributed by atoms with Crippen LogP contribution in [0.25, 0.3) is 10.8 Å². The molecule has 0 radical (unpaired) electrons.